The van der Waals surface area contributed by atoms with Crippen molar-refractivity contribution in [2.45, 2.75) is 32.8 Å². The fourth-order valence-electron chi connectivity index (χ4n) is 1.23. The topological polar surface area (TPSA) is 27.7 Å². The lowest BCUT2D eigenvalue weighted by Gasteiger charge is -2.32. The van der Waals surface area contributed by atoms with Gasteiger partial charge in [0, 0.05) is 5.41 Å². The van der Waals surface area contributed by atoms with Crippen molar-refractivity contribution in [3.8, 4) is 0 Å². The summed E-state index contributed by atoms with van der Waals surface area (Å²) in [6.45, 7) is 6.15. The van der Waals surface area contributed by atoms with Crippen LogP contribution in [0.25, 0.3) is 0 Å². The van der Waals surface area contributed by atoms with E-state index in [4.69, 9.17) is 14.5 Å². The lowest BCUT2D eigenvalue weighted by molar-refractivity contribution is -0.340. The van der Waals surface area contributed by atoms with Crippen LogP contribution in [0.4, 0.5) is 0 Å². The minimum Gasteiger partial charge on any atom is -0.307 e. The van der Waals surface area contributed by atoms with Crippen LogP contribution in [-0.4, -0.2) is 12.1 Å². The zero-order chi connectivity index (χ0) is 8.11. The van der Waals surface area contributed by atoms with Crippen LogP contribution >= 0.6 is 0 Å². The molecule has 0 aromatic heterocycles. The van der Waals surface area contributed by atoms with Gasteiger partial charge >= 0.3 is 0 Å². The number of hydrogen-bond donors (Lipinski definition) is 0. The SMILES string of the molecule is CC(C)(C)C12C=CC(OO1)O2. The van der Waals surface area contributed by atoms with Crippen molar-refractivity contribution < 1.29 is 14.5 Å². The van der Waals surface area contributed by atoms with Gasteiger partial charge in [-0.1, -0.05) is 20.8 Å². The third-order valence-corrected chi connectivity index (χ3v) is 2.08. The molecule has 1 fully saturated rings. The molecule has 2 rings (SSSR count). The summed E-state index contributed by atoms with van der Waals surface area (Å²) in [5, 5.41) is 0. The molecule has 0 radical (unpaired) electrons. The molecule has 0 saturated carbocycles. The Morgan fingerprint density at radius 1 is 1.36 bits per heavy atom. The van der Waals surface area contributed by atoms with Gasteiger partial charge in [0.1, 0.15) is 0 Å². The Labute approximate surface area is 65.9 Å². The molecule has 3 heteroatoms. The summed E-state index contributed by atoms with van der Waals surface area (Å²) in [5.41, 5.74) is -0.0885. The first-order chi connectivity index (χ1) is 5.04. The number of ether oxygens (including phenoxy) is 1. The minimum absolute atomic E-state index is 0.0885. The molecular weight excluding hydrogens is 144 g/mol. The molecule has 2 heterocycles. The molecule has 62 valence electrons. The molecule has 11 heavy (non-hydrogen) atoms. The average Bonchev–Trinajstić information content (AvgIpc) is 2.42. The van der Waals surface area contributed by atoms with E-state index in [-0.39, 0.29) is 11.7 Å². The quantitative estimate of drug-likeness (QED) is 0.394. The molecule has 2 aliphatic rings. The van der Waals surface area contributed by atoms with Crippen LogP contribution in [0.15, 0.2) is 12.2 Å². The second-order valence-corrected chi connectivity index (χ2v) is 3.94. The standard InChI is InChI=1S/C8H12O3/c1-7(2,3)8-5-4-6(9-8)10-11-8/h4-6H,1-3H3. The van der Waals surface area contributed by atoms with E-state index >= 15 is 0 Å². The zero-order valence-electron chi connectivity index (χ0n) is 6.96. The van der Waals surface area contributed by atoms with Gasteiger partial charge in [0.25, 0.3) is 0 Å². The normalized spacial score (nSPS) is 41.9. The van der Waals surface area contributed by atoms with Gasteiger partial charge in [0.05, 0.1) is 0 Å². The molecule has 0 N–H and O–H groups in total. The third-order valence-electron chi connectivity index (χ3n) is 2.08. The van der Waals surface area contributed by atoms with Crippen molar-refractivity contribution in [2.75, 3.05) is 0 Å². The Kier molecular flexibility index (Phi) is 1.23. The van der Waals surface area contributed by atoms with Gasteiger partial charge in [0.15, 0.2) is 0 Å². The molecule has 0 amide bonds. The van der Waals surface area contributed by atoms with Crippen LogP contribution in [0.5, 0.6) is 0 Å². The van der Waals surface area contributed by atoms with E-state index < -0.39 is 5.79 Å². The van der Waals surface area contributed by atoms with Crippen LogP contribution < -0.4 is 0 Å². The van der Waals surface area contributed by atoms with Crippen LogP contribution in [0, 0.1) is 5.41 Å². The summed E-state index contributed by atoms with van der Waals surface area (Å²) in [7, 11) is 0. The van der Waals surface area contributed by atoms with Crippen molar-refractivity contribution in [2.24, 2.45) is 5.41 Å². The second-order valence-electron chi connectivity index (χ2n) is 3.94. The summed E-state index contributed by atoms with van der Waals surface area (Å²) >= 11 is 0. The monoisotopic (exact) mass is 156 g/mol. The Morgan fingerprint density at radius 2 is 2.09 bits per heavy atom. The van der Waals surface area contributed by atoms with Crippen LogP contribution in [0.3, 0.4) is 0 Å². The fourth-order valence-corrected chi connectivity index (χ4v) is 1.23. The van der Waals surface area contributed by atoms with Crippen LogP contribution in [0.2, 0.25) is 0 Å². The van der Waals surface area contributed by atoms with Crippen molar-refractivity contribution in [3.63, 3.8) is 0 Å². The molecular formula is C8H12O3. The van der Waals surface area contributed by atoms with Gasteiger partial charge in [-0.3, -0.25) is 0 Å². The maximum atomic E-state index is 5.47. The predicted octanol–water partition coefficient (Wildman–Crippen LogP) is 1.60. The van der Waals surface area contributed by atoms with Crippen molar-refractivity contribution in [1.82, 2.24) is 0 Å². The van der Waals surface area contributed by atoms with Crippen molar-refractivity contribution in [3.05, 3.63) is 12.2 Å². The molecule has 2 unspecified atom stereocenters. The first-order valence-corrected chi connectivity index (χ1v) is 3.75. The van der Waals surface area contributed by atoms with Crippen molar-refractivity contribution >= 4 is 0 Å². The largest absolute Gasteiger partial charge is 0.307 e. The number of rotatable bonds is 0. The van der Waals surface area contributed by atoms with E-state index in [1.807, 2.05) is 12.2 Å². The molecule has 0 aromatic rings. The van der Waals surface area contributed by atoms with Gasteiger partial charge in [-0.05, 0) is 12.2 Å². The van der Waals surface area contributed by atoms with E-state index in [2.05, 4.69) is 20.8 Å². The van der Waals surface area contributed by atoms with Gasteiger partial charge in [-0.2, -0.15) is 9.78 Å². The summed E-state index contributed by atoms with van der Waals surface area (Å²) in [4.78, 5) is 9.97. The molecule has 0 aliphatic carbocycles. The third kappa shape index (κ3) is 0.851. The molecule has 2 atom stereocenters. The lowest BCUT2D eigenvalue weighted by Crippen LogP contribution is -2.40. The lowest BCUT2D eigenvalue weighted by atomic mass is 9.86. The van der Waals surface area contributed by atoms with Gasteiger partial charge < -0.3 is 4.74 Å². The Bertz CT molecular complexity index is 204. The van der Waals surface area contributed by atoms with Crippen LogP contribution in [-0.2, 0) is 14.5 Å². The molecule has 0 aromatic carbocycles. The fraction of sp³-hybridized carbons (Fsp3) is 0.750. The van der Waals surface area contributed by atoms with E-state index in [0.29, 0.717) is 0 Å². The summed E-state index contributed by atoms with van der Waals surface area (Å²) < 4.78 is 5.47. The Morgan fingerprint density at radius 3 is 2.27 bits per heavy atom. The maximum Gasteiger partial charge on any atom is 0.228 e. The highest BCUT2D eigenvalue weighted by atomic mass is 17.3. The van der Waals surface area contributed by atoms with Gasteiger partial charge in [-0.25, -0.2) is 0 Å². The molecule has 0 spiro atoms. The summed E-state index contributed by atoms with van der Waals surface area (Å²) in [6.07, 6.45) is 3.49. The number of hydrogen-bond acceptors (Lipinski definition) is 3. The highest BCUT2D eigenvalue weighted by Crippen LogP contribution is 2.45. The van der Waals surface area contributed by atoms with E-state index in [9.17, 15) is 0 Å². The minimum atomic E-state index is -0.655. The van der Waals surface area contributed by atoms with E-state index in [0.717, 1.165) is 0 Å². The van der Waals surface area contributed by atoms with Gasteiger partial charge in [0.2, 0.25) is 12.1 Å². The number of fused-ring (bicyclic) bond motifs is 2. The molecule has 2 aliphatic heterocycles. The summed E-state index contributed by atoms with van der Waals surface area (Å²) in [6, 6.07) is 0. The highest BCUT2D eigenvalue weighted by molar-refractivity contribution is 5.11. The molecule has 1 saturated heterocycles. The molecule has 3 nitrogen and oxygen atoms in total. The smallest absolute Gasteiger partial charge is 0.228 e. The van der Waals surface area contributed by atoms with E-state index in [1.165, 1.54) is 0 Å². The Hall–Kier alpha value is -0.380. The summed E-state index contributed by atoms with van der Waals surface area (Å²) in [5.74, 6) is -0.655. The van der Waals surface area contributed by atoms with Gasteiger partial charge in [-0.15, -0.1) is 0 Å². The highest BCUT2D eigenvalue weighted by Gasteiger charge is 2.53. The first-order valence-electron chi connectivity index (χ1n) is 3.75. The second kappa shape index (κ2) is 1.86. The molecule has 2 bridgehead atoms. The van der Waals surface area contributed by atoms with Crippen molar-refractivity contribution in [1.29, 1.82) is 0 Å². The zero-order valence-corrected chi connectivity index (χ0v) is 6.96. The maximum absolute atomic E-state index is 5.47. The average molecular weight is 156 g/mol. The first kappa shape index (κ1) is 7.28. The Balaban J connectivity index is 2.31. The van der Waals surface area contributed by atoms with Crippen LogP contribution in [0.1, 0.15) is 20.8 Å². The van der Waals surface area contributed by atoms with E-state index in [1.54, 1.807) is 0 Å². The predicted molar refractivity (Wildman–Crippen MR) is 38.4 cm³/mol.